The van der Waals surface area contributed by atoms with Gasteiger partial charge in [0.2, 0.25) is 0 Å². The Morgan fingerprint density at radius 3 is 2.20 bits per heavy atom. The van der Waals surface area contributed by atoms with E-state index in [4.69, 9.17) is 0 Å². The summed E-state index contributed by atoms with van der Waals surface area (Å²) in [6, 6.07) is 8.17. The summed E-state index contributed by atoms with van der Waals surface area (Å²) in [5.74, 6) is 0.811. The smallest absolute Gasteiger partial charge is 0.272 e. The molecule has 2 aromatic rings. The molecule has 0 aliphatic carbocycles. The minimum Gasteiger partial charge on any atom is -0.288 e. The fraction of sp³-hybridized carbons (Fsp3) is 0.471. The number of H-pyrrole nitrogens is 1. The number of aromatic amines is 1. The predicted molar refractivity (Wildman–Crippen MR) is 84.2 cm³/mol. The van der Waals surface area contributed by atoms with Gasteiger partial charge in [-0.2, -0.15) is 0 Å². The molecule has 20 heavy (non-hydrogen) atoms. The molecule has 1 aromatic heterocycles. The number of nitrogens with zero attached hydrogens (tertiary/aromatic N) is 1. The Morgan fingerprint density at radius 2 is 1.70 bits per heavy atom. The molecule has 0 fully saturated rings. The van der Waals surface area contributed by atoms with Crippen LogP contribution in [0.2, 0.25) is 0 Å². The molecule has 0 spiro atoms. The highest BCUT2D eigenvalue weighted by Gasteiger charge is 2.19. The number of benzene rings is 1. The molecule has 3 heteroatoms. The van der Waals surface area contributed by atoms with E-state index in [1.54, 1.807) is 0 Å². The molecule has 0 atom stereocenters. The predicted octanol–water partition coefficient (Wildman–Crippen LogP) is 3.93. The van der Waals surface area contributed by atoms with Crippen LogP contribution in [0.25, 0.3) is 11.1 Å². The van der Waals surface area contributed by atoms with Crippen molar-refractivity contribution in [2.45, 2.75) is 47.1 Å². The Bertz CT molecular complexity index is 630. The standard InChI is InChI=1S/C17H24N2O/c1-11(2)10-19-16(12(3)4)15(17(20)18-19)14-8-6-13(5)7-9-14/h6-9,11-12H,10H2,1-5H3,(H,18,20). The Morgan fingerprint density at radius 1 is 1.10 bits per heavy atom. The monoisotopic (exact) mass is 272 g/mol. The lowest BCUT2D eigenvalue weighted by molar-refractivity contribution is 0.460. The Balaban J connectivity index is 2.60. The molecule has 1 N–H and O–H groups in total. The first-order valence-corrected chi connectivity index (χ1v) is 7.30. The molecule has 0 saturated heterocycles. The van der Waals surface area contributed by atoms with Gasteiger partial charge in [-0.3, -0.25) is 14.6 Å². The topological polar surface area (TPSA) is 37.8 Å². The van der Waals surface area contributed by atoms with Crippen molar-refractivity contribution < 1.29 is 0 Å². The third kappa shape index (κ3) is 2.87. The maximum Gasteiger partial charge on any atom is 0.272 e. The Labute approximate surface area is 120 Å². The van der Waals surface area contributed by atoms with E-state index in [2.05, 4.69) is 51.9 Å². The summed E-state index contributed by atoms with van der Waals surface area (Å²) in [5.41, 5.74) is 4.15. The van der Waals surface area contributed by atoms with Gasteiger partial charge in [-0.25, -0.2) is 0 Å². The summed E-state index contributed by atoms with van der Waals surface area (Å²) in [4.78, 5) is 12.4. The van der Waals surface area contributed by atoms with Crippen LogP contribution in [0.1, 0.15) is 44.9 Å². The molecular weight excluding hydrogens is 248 g/mol. The summed E-state index contributed by atoms with van der Waals surface area (Å²) in [5, 5.41) is 3.00. The van der Waals surface area contributed by atoms with Gasteiger partial charge in [0.05, 0.1) is 11.3 Å². The van der Waals surface area contributed by atoms with Crippen LogP contribution in [0.5, 0.6) is 0 Å². The third-order valence-electron chi connectivity index (χ3n) is 3.45. The second kappa shape index (κ2) is 5.70. The molecule has 2 rings (SSSR count). The fourth-order valence-corrected chi connectivity index (χ4v) is 2.60. The molecule has 0 bridgehead atoms. The second-order valence-electron chi connectivity index (χ2n) is 6.23. The van der Waals surface area contributed by atoms with Gasteiger partial charge in [-0.05, 0) is 24.3 Å². The first-order chi connectivity index (χ1) is 9.40. The van der Waals surface area contributed by atoms with Crippen molar-refractivity contribution in [2.24, 2.45) is 5.92 Å². The number of hydrogen-bond acceptors (Lipinski definition) is 1. The summed E-state index contributed by atoms with van der Waals surface area (Å²) in [6.07, 6.45) is 0. The van der Waals surface area contributed by atoms with E-state index in [0.29, 0.717) is 11.8 Å². The van der Waals surface area contributed by atoms with Crippen molar-refractivity contribution in [1.82, 2.24) is 9.78 Å². The number of aromatic nitrogens is 2. The van der Waals surface area contributed by atoms with Crippen LogP contribution < -0.4 is 5.56 Å². The number of rotatable bonds is 4. The highest BCUT2D eigenvalue weighted by atomic mass is 16.1. The molecule has 0 aliphatic heterocycles. The van der Waals surface area contributed by atoms with Crippen LogP contribution in [0.4, 0.5) is 0 Å². The molecule has 108 valence electrons. The first-order valence-electron chi connectivity index (χ1n) is 7.30. The summed E-state index contributed by atoms with van der Waals surface area (Å²) >= 11 is 0. The molecule has 1 heterocycles. The van der Waals surface area contributed by atoms with E-state index in [0.717, 1.165) is 23.4 Å². The van der Waals surface area contributed by atoms with Crippen molar-refractivity contribution >= 4 is 0 Å². The summed E-state index contributed by atoms with van der Waals surface area (Å²) < 4.78 is 2.02. The first kappa shape index (κ1) is 14.6. The molecule has 0 radical (unpaired) electrons. The average molecular weight is 272 g/mol. The van der Waals surface area contributed by atoms with Gasteiger partial charge in [-0.15, -0.1) is 0 Å². The van der Waals surface area contributed by atoms with Crippen LogP contribution in [0.3, 0.4) is 0 Å². The van der Waals surface area contributed by atoms with E-state index in [1.807, 2.05) is 16.8 Å². The lowest BCUT2D eigenvalue weighted by Crippen LogP contribution is -2.12. The molecule has 1 aromatic carbocycles. The van der Waals surface area contributed by atoms with Crippen molar-refractivity contribution in [1.29, 1.82) is 0 Å². The van der Waals surface area contributed by atoms with E-state index in [-0.39, 0.29) is 5.56 Å². The van der Waals surface area contributed by atoms with Crippen LogP contribution in [0, 0.1) is 12.8 Å². The van der Waals surface area contributed by atoms with Gasteiger partial charge < -0.3 is 0 Å². The van der Waals surface area contributed by atoms with E-state index >= 15 is 0 Å². The zero-order chi connectivity index (χ0) is 14.9. The normalized spacial score (nSPS) is 11.6. The van der Waals surface area contributed by atoms with Crippen LogP contribution in [-0.2, 0) is 6.54 Å². The maximum atomic E-state index is 12.4. The van der Waals surface area contributed by atoms with Gasteiger partial charge in [0.25, 0.3) is 5.56 Å². The highest BCUT2D eigenvalue weighted by Crippen LogP contribution is 2.27. The number of nitrogens with one attached hydrogen (secondary N) is 1. The molecular formula is C17H24N2O. The van der Waals surface area contributed by atoms with Gasteiger partial charge in [-0.1, -0.05) is 57.5 Å². The van der Waals surface area contributed by atoms with Crippen molar-refractivity contribution in [2.75, 3.05) is 0 Å². The number of hydrogen-bond donors (Lipinski definition) is 1. The van der Waals surface area contributed by atoms with E-state index in [9.17, 15) is 4.79 Å². The van der Waals surface area contributed by atoms with Crippen molar-refractivity contribution in [3.63, 3.8) is 0 Å². The second-order valence-corrected chi connectivity index (χ2v) is 6.23. The van der Waals surface area contributed by atoms with E-state index < -0.39 is 0 Å². The SMILES string of the molecule is Cc1ccc(-c2c(C(C)C)n(CC(C)C)[nH]c2=O)cc1. The van der Waals surface area contributed by atoms with Gasteiger partial charge >= 0.3 is 0 Å². The number of aryl methyl sites for hydroxylation is 1. The van der Waals surface area contributed by atoms with Gasteiger partial charge in [0, 0.05) is 6.54 Å². The van der Waals surface area contributed by atoms with Crippen LogP contribution in [0.15, 0.2) is 29.1 Å². The lowest BCUT2D eigenvalue weighted by Gasteiger charge is -2.15. The minimum atomic E-state index is 0.0122. The van der Waals surface area contributed by atoms with Crippen molar-refractivity contribution in [3.05, 3.63) is 45.9 Å². The average Bonchev–Trinajstić information content (AvgIpc) is 2.66. The highest BCUT2D eigenvalue weighted by molar-refractivity contribution is 5.66. The van der Waals surface area contributed by atoms with Crippen LogP contribution >= 0.6 is 0 Å². The largest absolute Gasteiger partial charge is 0.288 e. The zero-order valence-electron chi connectivity index (χ0n) is 13.0. The molecule has 0 unspecified atom stereocenters. The molecule has 0 aliphatic rings. The lowest BCUT2D eigenvalue weighted by atomic mass is 9.98. The summed E-state index contributed by atoms with van der Waals surface area (Å²) in [6.45, 7) is 11.5. The quantitative estimate of drug-likeness (QED) is 0.899. The van der Waals surface area contributed by atoms with Gasteiger partial charge in [0.15, 0.2) is 0 Å². The zero-order valence-corrected chi connectivity index (χ0v) is 13.0. The van der Waals surface area contributed by atoms with E-state index in [1.165, 1.54) is 5.56 Å². The molecule has 3 nitrogen and oxygen atoms in total. The Kier molecular flexibility index (Phi) is 4.17. The Hall–Kier alpha value is -1.77. The maximum absolute atomic E-state index is 12.4. The van der Waals surface area contributed by atoms with Crippen LogP contribution in [-0.4, -0.2) is 9.78 Å². The van der Waals surface area contributed by atoms with Crippen molar-refractivity contribution in [3.8, 4) is 11.1 Å². The minimum absolute atomic E-state index is 0.0122. The molecule has 0 amide bonds. The molecule has 0 saturated carbocycles. The summed E-state index contributed by atoms with van der Waals surface area (Å²) in [7, 11) is 0. The third-order valence-corrected chi connectivity index (χ3v) is 3.45. The fourth-order valence-electron chi connectivity index (χ4n) is 2.60. The van der Waals surface area contributed by atoms with Gasteiger partial charge in [0.1, 0.15) is 0 Å².